The Kier molecular flexibility index (Phi) is 4.04. The zero-order chi connectivity index (χ0) is 13.9. The molecule has 0 aromatic heterocycles. The molecule has 1 aliphatic carbocycles. The topological polar surface area (TPSA) is 12.0 Å². The molecule has 20 heavy (non-hydrogen) atoms. The van der Waals surface area contributed by atoms with Gasteiger partial charge in [0.2, 0.25) is 0 Å². The average Bonchev–Trinajstić information content (AvgIpc) is 3.24. The second kappa shape index (κ2) is 5.94. The predicted molar refractivity (Wildman–Crippen MR) is 80.2 cm³/mol. The Balaban J connectivity index is 1.71. The van der Waals surface area contributed by atoms with E-state index in [1.807, 2.05) is 12.1 Å². The molecule has 0 radical (unpaired) electrons. The van der Waals surface area contributed by atoms with E-state index in [1.165, 1.54) is 30.5 Å². The molecule has 0 saturated heterocycles. The standard InChI is InChI=1S/C17H17ClFN/c18-15-8-12(9-16(19)10-15)11-20-17(14-6-7-14)13-4-2-1-3-5-13/h1-5,8-10,14,17,20H,6-7,11H2. The van der Waals surface area contributed by atoms with Crippen LogP contribution < -0.4 is 5.32 Å². The molecule has 104 valence electrons. The smallest absolute Gasteiger partial charge is 0.125 e. The van der Waals surface area contributed by atoms with Crippen LogP contribution in [0.3, 0.4) is 0 Å². The minimum absolute atomic E-state index is 0.281. The highest BCUT2D eigenvalue weighted by Crippen LogP contribution is 2.41. The first kappa shape index (κ1) is 13.6. The predicted octanol–water partition coefficient (Wildman–Crippen LogP) is 4.72. The summed E-state index contributed by atoms with van der Waals surface area (Å²) in [7, 11) is 0. The summed E-state index contributed by atoms with van der Waals surface area (Å²) in [5.41, 5.74) is 2.19. The van der Waals surface area contributed by atoms with E-state index in [2.05, 4.69) is 29.6 Å². The van der Waals surface area contributed by atoms with E-state index in [9.17, 15) is 4.39 Å². The summed E-state index contributed by atoms with van der Waals surface area (Å²) in [6, 6.07) is 15.5. The third-order valence-electron chi connectivity index (χ3n) is 3.70. The molecule has 1 aliphatic rings. The van der Waals surface area contributed by atoms with Gasteiger partial charge in [-0.15, -0.1) is 0 Å². The normalized spacial score (nSPS) is 16.1. The summed E-state index contributed by atoms with van der Waals surface area (Å²) in [6.45, 7) is 0.632. The number of halogens is 2. The van der Waals surface area contributed by atoms with E-state index >= 15 is 0 Å². The van der Waals surface area contributed by atoms with Gasteiger partial charge < -0.3 is 5.32 Å². The van der Waals surface area contributed by atoms with Gasteiger partial charge >= 0.3 is 0 Å². The highest BCUT2D eigenvalue weighted by atomic mass is 35.5. The lowest BCUT2D eigenvalue weighted by Gasteiger charge is -2.19. The molecular formula is C17H17ClFN. The quantitative estimate of drug-likeness (QED) is 0.840. The maximum atomic E-state index is 13.3. The summed E-state index contributed by atoms with van der Waals surface area (Å²) >= 11 is 5.89. The first-order valence-electron chi connectivity index (χ1n) is 6.95. The van der Waals surface area contributed by atoms with Crippen LogP contribution in [0, 0.1) is 11.7 Å². The van der Waals surface area contributed by atoms with E-state index in [4.69, 9.17) is 11.6 Å². The Labute approximate surface area is 123 Å². The van der Waals surface area contributed by atoms with Crippen molar-refractivity contribution < 1.29 is 4.39 Å². The summed E-state index contributed by atoms with van der Waals surface area (Å²) < 4.78 is 13.3. The van der Waals surface area contributed by atoms with Crippen LogP contribution in [-0.2, 0) is 6.54 Å². The lowest BCUT2D eigenvalue weighted by Crippen LogP contribution is -2.22. The molecule has 0 spiro atoms. The number of rotatable bonds is 5. The average molecular weight is 290 g/mol. The Morgan fingerprint density at radius 2 is 1.90 bits per heavy atom. The van der Waals surface area contributed by atoms with Gasteiger partial charge in [0.25, 0.3) is 0 Å². The molecule has 3 rings (SSSR count). The molecule has 1 atom stereocenters. The monoisotopic (exact) mass is 289 g/mol. The van der Waals surface area contributed by atoms with Crippen LogP contribution in [0.2, 0.25) is 5.02 Å². The third-order valence-corrected chi connectivity index (χ3v) is 3.92. The molecule has 3 heteroatoms. The van der Waals surface area contributed by atoms with Crippen LogP contribution in [0.15, 0.2) is 48.5 Å². The maximum absolute atomic E-state index is 13.3. The van der Waals surface area contributed by atoms with Crippen molar-refractivity contribution in [2.24, 2.45) is 5.92 Å². The van der Waals surface area contributed by atoms with Crippen molar-refractivity contribution in [1.82, 2.24) is 5.32 Å². The summed E-state index contributed by atoms with van der Waals surface area (Å²) in [5.74, 6) is 0.415. The lowest BCUT2D eigenvalue weighted by atomic mass is 10.0. The molecule has 1 nitrogen and oxygen atoms in total. The zero-order valence-electron chi connectivity index (χ0n) is 11.2. The number of nitrogens with one attached hydrogen (secondary N) is 1. The molecule has 1 unspecified atom stereocenters. The Morgan fingerprint density at radius 1 is 1.15 bits per heavy atom. The molecule has 0 heterocycles. The molecule has 0 bridgehead atoms. The first-order valence-corrected chi connectivity index (χ1v) is 7.33. The van der Waals surface area contributed by atoms with Gasteiger partial charge in [0.15, 0.2) is 0 Å². The van der Waals surface area contributed by atoms with Crippen molar-refractivity contribution in [1.29, 1.82) is 0 Å². The van der Waals surface area contributed by atoms with Gasteiger partial charge in [0.1, 0.15) is 5.82 Å². The molecule has 2 aromatic rings. The summed E-state index contributed by atoms with van der Waals surface area (Å²) in [6.07, 6.45) is 2.52. The molecule has 1 N–H and O–H groups in total. The van der Waals surface area contributed by atoms with Crippen LogP contribution in [0.4, 0.5) is 4.39 Å². The van der Waals surface area contributed by atoms with Gasteiger partial charge in [0.05, 0.1) is 0 Å². The van der Waals surface area contributed by atoms with E-state index in [1.54, 1.807) is 0 Å². The summed E-state index contributed by atoms with van der Waals surface area (Å²) in [4.78, 5) is 0. The van der Waals surface area contributed by atoms with E-state index < -0.39 is 0 Å². The molecule has 1 saturated carbocycles. The second-order valence-corrected chi connectivity index (χ2v) is 5.82. The van der Waals surface area contributed by atoms with Crippen molar-refractivity contribution in [3.05, 3.63) is 70.5 Å². The first-order chi connectivity index (χ1) is 9.72. The molecular weight excluding hydrogens is 273 g/mol. The largest absolute Gasteiger partial charge is 0.306 e. The van der Waals surface area contributed by atoms with Crippen LogP contribution >= 0.6 is 11.6 Å². The molecule has 1 fully saturated rings. The molecule has 0 aliphatic heterocycles. The van der Waals surface area contributed by atoms with Crippen molar-refractivity contribution >= 4 is 11.6 Å². The number of benzene rings is 2. The van der Waals surface area contributed by atoms with Crippen LogP contribution in [0.5, 0.6) is 0 Å². The van der Waals surface area contributed by atoms with Crippen LogP contribution in [0.25, 0.3) is 0 Å². The fourth-order valence-corrected chi connectivity index (χ4v) is 2.83. The second-order valence-electron chi connectivity index (χ2n) is 5.38. The Hall–Kier alpha value is -1.38. The molecule has 0 amide bonds. The minimum atomic E-state index is -0.281. The van der Waals surface area contributed by atoms with Crippen LogP contribution in [-0.4, -0.2) is 0 Å². The SMILES string of the molecule is Fc1cc(Cl)cc(CNC(c2ccccc2)C2CC2)c1. The third kappa shape index (κ3) is 3.38. The van der Waals surface area contributed by atoms with E-state index in [-0.39, 0.29) is 5.82 Å². The molecule has 2 aromatic carbocycles. The van der Waals surface area contributed by atoms with Crippen molar-refractivity contribution in [3.8, 4) is 0 Å². The minimum Gasteiger partial charge on any atom is -0.306 e. The van der Waals surface area contributed by atoms with E-state index in [0.717, 1.165) is 5.56 Å². The maximum Gasteiger partial charge on any atom is 0.125 e. The highest BCUT2D eigenvalue weighted by molar-refractivity contribution is 6.30. The van der Waals surface area contributed by atoms with Gasteiger partial charge in [0, 0.05) is 17.6 Å². The van der Waals surface area contributed by atoms with Gasteiger partial charge in [-0.3, -0.25) is 0 Å². The van der Waals surface area contributed by atoms with Crippen molar-refractivity contribution in [2.75, 3.05) is 0 Å². The zero-order valence-corrected chi connectivity index (χ0v) is 11.9. The van der Waals surface area contributed by atoms with Gasteiger partial charge in [-0.1, -0.05) is 41.9 Å². The highest BCUT2D eigenvalue weighted by Gasteiger charge is 2.31. The Morgan fingerprint density at radius 3 is 2.55 bits per heavy atom. The lowest BCUT2D eigenvalue weighted by molar-refractivity contribution is 0.479. The van der Waals surface area contributed by atoms with Gasteiger partial charge in [-0.05, 0) is 48.1 Å². The fourth-order valence-electron chi connectivity index (χ4n) is 2.59. The van der Waals surface area contributed by atoms with Crippen molar-refractivity contribution in [2.45, 2.75) is 25.4 Å². The number of hydrogen-bond donors (Lipinski definition) is 1. The van der Waals surface area contributed by atoms with Gasteiger partial charge in [-0.25, -0.2) is 4.39 Å². The summed E-state index contributed by atoms with van der Waals surface area (Å²) in [5, 5.41) is 3.99. The van der Waals surface area contributed by atoms with Gasteiger partial charge in [-0.2, -0.15) is 0 Å². The number of hydrogen-bond acceptors (Lipinski definition) is 1. The Bertz CT molecular complexity index is 561. The fraction of sp³-hybridized carbons (Fsp3) is 0.294. The van der Waals surface area contributed by atoms with E-state index in [0.29, 0.717) is 23.5 Å². The van der Waals surface area contributed by atoms with Crippen molar-refractivity contribution in [3.63, 3.8) is 0 Å². The van der Waals surface area contributed by atoms with Crippen LogP contribution in [0.1, 0.15) is 30.0 Å².